The van der Waals surface area contributed by atoms with E-state index in [0.29, 0.717) is 36.8 Å². The predicted molar refractivity (Wildman–Crippen MR) is 127 cm³/mol. The van der Waals surface area contributed by atoms with Crippen molar-refractivity contribution in [3.63, 3.8) is 0 Å². The van der Waals surface area contributed by atoms with Gasteiger partial charge in [0.25, 0.3) is 5.91 Å². The molecule has 9 heteroatoms. The maximum Gasteiger partial charge on any atom is 0.254 e. The number of rotatable bonds is 5. The van der Waals surface area contributed by atoms with E-state index in [-0.39, 0.29) is 18.3 Å². The third-order valence-electron chi connectivity index (χ3n) is 5.76. The Labute approximate surface area is 199 Å². The minimum atomic E-state index is -0.107. The first kappa shape index (κ1) is 22.8. The van der Waals surface area contributed by atoms with Crippen LogP contribution in [0.5, 0.6) is 11.5 Å². The van der Waals surface area contributed by atoms with Gasteiger partial charge in [0.1, 0.15) is 13.2 Å². The summed E-state index contributed by atoms with van der Waals surface area (Å²) in [6, 6.07) is 9.16. The van der Waals surface area contributed by atoms with Gasteiger partial charge in [-0.3, -0.25) is 9.78 Å². The van der Waals surface area contributed by atoms with Gasteiger partial charge >= 0.3 is 0 Å². The van der Waals surface area contributed by atoms with Crippen molar-refractivity contribution in [2.24, 2.45) is 0 Å². The van der Waals surface area contributed by atoms with E-state index in [4.69, 9.17) is 14.5 Å². The van der Waals surface area contributed by atoms with Gasteiger partial charge in [-0.25, -0.2) is 9.97 Å². The molecule has 33 heavy (non-hydrogen) atoms. The molecule has 2 aliphatic heterocycles. The van der Waals surface area contributed by atoms with E-state index in [9.17, 15) is 4.79 Å². The van der Waals surface area contributed by atoms with E-state index in [1.807, 2.05) is 18.3 Å². The fraction of sp³-hybridized carbons (Fsp3) is 0.333. The molecule has 0 saturated carbocycles. The molecule has 3 aromatic rings. The highest BCUT2D eigenvalue weighted by molar-refractivity contribution is 5.94. The highest BCUT2D eigenvalue weighted by atomic mass is 35.5. The lowest BCUT2D eigenvalue weighted by Gasteiger charge is -2.22. The number of carbonyl (C=O) groups is 1. The summed E-state index contributed by atoms with van der Waals surface area (Å²) >= 11 is 0. The third kappa shape index (κ3) is 4.85. The zero-order valence-electron chi connectivity index (χ0n) is 18.4. The smallest absolute Gasteiger partial charge is 0.254 e. The minimum absolute atomic E-state index is 0. The van der Waals surface area contributed by atoms with Gasteiger partial charge in [0, 0.05) is 49.9 Å². The number of halogens is 1. The summed E-state index contributed by atoms with van der Waals surface area (Å²) in [7, 11) is 1.78. The number of ether oxygens (including phenoxy) is 2. The summed E-state index contributed by atoms with van der Waals surface area (Å²) in [6.45, 7) is 3.27. The minimum Gasteiger partial charge on any atom is -0.486 e. The average molecular weight is 468 g/mol. The maximum atomic E-state index is 13.2. The molecule has 5 rings (SSSR count). The van der Waals surface area contributed by atoms with Gasteiger partial charge in [-0.1, -0.05) is 0 Å². The SMILES string of the molecule is CN(Cc1nc(N2CCCC2)ncc1-c1ccncc1)C(=O)c1ccc2c(c1)OCCO2.Cl. The molecule has 1 amide bonds. The van der Waals surface area contributed by atoms with Crippen molar-refractivity contribution in [1.29, 1.82) is 0 Å². The van der Waals surface area contributed by atoms with Crippen LogP contribution in [-0.4, -0.2) is 59.1 Å². The molecule has 1 fully saturated rings. The molecule has 0 bridgehead atoms. The highest BCUT2D eigenvalue weighted by Gasteiger charge is 2.21. The Morgan fingerprint density at radius 2 is 1.79 bits per heavy atom. The Bertz CT molecular complexity index is 1120. The van der Waals surface area contributed by atoms with E-state index in [1.54, 1.807) is 42.5 Å². The molecule has 0 atom stereocenters. The largest absolute Gasteiger partial charge is 0.486 e. The summed E-state index contributed by atoms with van der Waals surface area (Å²) in [5, 5.41) is 0. The van der Waals surface area contributed by atoms with E-state index in [2.05, 4.69) is 14.9 Å². The Morgan fingerprint density at radius 1 is 1.06 bits per heavy atom. The van der Waals surface area contributed by atoms with Crippen LogP contribution in [0.3, 0.4) is 0 Å². The van der Waals surface area contributed by atoms with Crippen molar-refractivity contribution < 1.29 is 14.3 Å². The lowest BCUT2D eigenvalue weighted by molar-refractivity contribution is 0.0782. The molecule has 0 radical (unpaired) electrons. The Balaban J connectivity index is 0.00000259. The topological polar surface area (TPSA) is 80.7 Å². The van der Waals surface area contributed by atoms with Crippen molar-refractivity contribution in [1.82, 2.24) is 19.9 Å². The second kappa shape index (κ2) is 10.0. The fourth-order valence-electron chi connectivity index (χ4n) is 4.06. The molecule has 0 aliphatic carbocycles. The second-order valence-corrected chi connectivity index (χ2v) is 7.98. The second-order valence-electron chi connectivity index (χ2n) is 7.98. The van der Waals surface area contributed by atoms with Crippen molar-refractivity contribution in [3.05, 3.63) is 60.2 Å². The average Bonchev–Trinajstić information content (AvgIpc) is 3.39. The molecule has 1 saturated heterocycles. The molecular weight excluding hydrogens is 442 g/mol. The van der Waals surface area contributed by atoms with Crippen LogP contribution in [0.15, 0.2) is 48.9 Å². The zero-order valence-corrected chi connectivity index (χ0v) is 19.3. The standard InChI is InChI=1S/C24H25N5O3.ClH/c1-28(23(30)18-4-5-21-22(14-18)32-13-12-31-21)16-20-19(17-6-8-25-9-7-17)15-26-24(27-20)29-10-2-3-11-29;/h4-9,14-15H,2-3,10-13,16H2,1H3;1H. The lowest BCUT2D eigenvalue weighted by atomic mass is 10.1. The monoisotopic (exact) mass is 467 g/mol. The number of carbonyl (C=O) groups excluding carboxylic acids is 1. The first-order valence-electron chi connectivity index (χ1n) is 10.9. The summed E-state index contributed by atoms with van der Waals surface area (Å²) in [4.78, 5) is 30.7. The number of hydrogen-bond acceptors (Lipinski definition) is 7. The number of nitrogens with zero attached hydrogens (tertiary/aromatic N) is 5. The van der Waals surface area contributed by atoms with Crippen molar-refractivity contribution in [2.75, 3.05) is 38.3 Å². The molecule has 2 aliphatic rings. The van der Waals surface area contributed by atoms with Gasteiger partial charge in [0.15, 0.2) is 11.5 Å². The van der Waals surface area contributed by atoms with Crippen molar-refractivity contribution in [2.45, 2.75) is 19.4 Å². The predicted octanol–water partition coefficient (Wildman–Crippen LogP) is 3.60. The molecule has 0 unspecified atom stereocenters. The molecule has 8 nitrogen and oxygen atoms in total. The van der Waals surface area contributed by atoms with E-state index in [1.165, 1.54) is 0 Å². The molecule has 1 aromatic carbocycles. The van der Waals surface area contributed by atoms with Crippen LogP contribution in [-0.2, 0) is 6.54 Å². The Hall–Kier alpha value is -3.39. The number of anilines is 1. The van der Waals surface area contributed by atoms with E-state index in [0.717, 1.165) is 48.7 Å². The van der Waals surface area contributed by atoms with Crippen molar-refractivity contribution >= 4 is 24.3 Å². The number of pyridine rings is 1. The van der Waals surface area contributed by atoms with Gasteiger partial charge in [-0.05, 0) is 48.7 Å². The first-order chi connectivity index (χ1) is 15.7. The molecule has 0 spiro atoms. The van der Waals surface area contributed by atoms with Crippen molar-refractivity contribution in [3.8, 4) is 22.6 Å². The molecule has 172 valence electrons. The van der Waals surface area contributed by atoms with Crippen LogP contribution in [0.25, 0.3) is 11.1 Å². The molecule has 4 heterocycles. The van der Waals surface area contributed by atoms with E-state index < -0.39 is 0 Å². The van der Waals surface area contributed by atoms with Gasteiger partial charge in [-0.15, -0.1) is 12.4 Å². The summed E-state index contributed by atoms with van der Waals surface area (Å²) in [5.74, 6) is 1.88. The van der Waals surface area contributed by atoms with Crippen LogP contribution >= 0.6 is 12.4 Å². The number of fused-ring (bicyclic) bond motifs is 1. The number of benzene rings is 1. The zero-order chi connectivity index (χ0) is 21.9. The normalized spacial score (nSPS) is 14.5. The van der Waals surface area contributed by atoms with Crippen LogP contribution in [0, 0.1) is 0 Å². The number of amides is 1. The summed E-state index contributed by atoms with van der Waals surface area (Å²) in [5.41, 5.74) is 3.23. The summed E-state index contributed by atoms with van der Waals surface area (Å²) < 4.78 is 11.2. The van der Waals surface area contributed by atoms with Crippen LogP contribution in [0.1, 0.15) is 28.9 Å². The first-order valence-corrected chi connectivity index (χ1v) is 10.9. The van der Waals surface area contributed by atoms with Crippen LogP contribution in [0.4, 0.5) is 5.95 Å². The Kier molecular flexibility index (Phi) is 6.93. The number of aromatic nitrogens is 3. The fourth-order valence-corrected chi connectivity index (χ4v) is 4.06. The van der Waals surface area contributed by atoms with Gasteiger partial charge in [0.05, 0.1) is 12.2 Å². The maximum absolute atomic E-state index is 13.2. The summed E-state index contributed by atoms with van der Waals surface area (Å²) in [6.07, 6.45) is 7.64. The van der Waals surface area contributed by atoms with Crippen LogP contribution in [0.2, 0.25) is 0 Å². The lowest BCUT2D eigenvalue weighted by Crippen LogP contribution is -2.28. The van der Waals surface area contributed by atoms with Crippen LogP contribution < -0.4 is 14.4 Å². The highest BCUT2D eigenvalue weighted by Crippen LogP contribution is 2.31. The quantitative estimate of drug-likeness (QED) is 0.567. The Morgan fingerprint density at radius 3 is 2.55 bits per heavy atom. The third-order valence-corrected chi connectivity index (χ3v) is 5.76. The van der Waals surface area contributed by atoms with Gasteiger partial charge < -0.3 is 19.3 Å². The molecule has 0 N–H and O–H groups in total. The van der Waals surface area contributed by atoms with Gasteiger partial charge in [-0.2, -0.15) is 0 Å². The number of hydrogen-bond donors (Lipinski definition) is 0. The van der Waals surface area contributed by atoms with E-state index >= 15 is 0 Å². The molecular formula is C24H26ClN5O3. The molecule has 2 aromatic heterocycles. The van der Waals surface area contributed by atoms with Gasteiger partial charge in [0.2, 0.25) is 5.95 Å².